The fraction of sp³-hybridized carbons (Fsp3) is 0.143. The van der Waals surface area contributed by atoms with Crippen LogP contribution in [0.5, 0.6) is 11.5 Å². The first-order valence-corrected chi connectivity index (χ1v) is 6.35. The van der Waals surface area contributed by atoms with Crippen LogP contribution in [0.1, 0.15) is 13.8 Å². The fourth-order valence-electron chi connectivity index (χ4n) is 1.71. The first-order valence-electron chi connectivity index (χ1n) is 6.35. The minimum Gasteiger partial charge on any atom is -0.507 e. The summed E-state index contributed by atoms with van der Waals surface area (Å²) in [6.07, 6.45) is 0. The van der Waals surface area contributed by atoms with Crippen molar-refractivity contribution < 1.29 is 20.1 Å². The molecule has 0 bridgehead atoms. The van der Waals surface area contributed by atoms with Crippen molar-refractivity contribution in [3.8, 4) is 22.6 Å². The summed E-state index contributed by atoms with van der Waals surface area (Å²) in [6.45, 7) is 4.00. The van der Waals surface area contributed by atoms with E-state index in [1.807, 2.05) is 13.8 Å². The fourth-order valence-corrected chi connectivity index (χ4v) is 1.71. The predicted molar refractivity (Wildman–Crippen MR) is 79.9 cm³/mol. The SMILES string of the molecule is CC.O=[N+]([O-])c1ccc(O)c(-c2cc([N+](=O)[O-])ccc2O)c1. The van der Waals surface area contributed by atoms with Gasteiger partial charge in [-0.3, -0.25) is 20.2 Å². The summed E-state index contributed by atoms with van der Waals surface area (Å²) in [5, 5.41) is 40.9. The van der Waals surface area contributed by atoms with Crippen LogP contribution < -0.4 is 0 Å². The average Bonchev–Trinajstić information content (AvgIpc) is 2.50. The summed E-state index contributed by atoms with van der Waals surface area (Å²) in [7, 11) is 0. The third kappa shape index (κ3) is 3.48. The lowest BCUT2D eigenvalue weighted by atomic mass is 10.0. The number of nitrogens with zero attached hydrogens (tertiary/aromatic N) is 2. The van der Waals surface area contributed by atoms with Crippen LogP contribution in [0.4, 0.5) is 11.4 Å². The molecule has 0 aliphatic heterocycles. The van der Waals surface area contributed by atoms with Crippen LogP contribution in [0, 0.1) is 20.2 Å². The van der Waals surface area contributed by atoms with E-state index in [0.717, 1.165) is 36.4 Å². The summed E-state index contributed by atoms with van der Waals surface area (Å²) in [4.78, 5) is 20.1. The first-order chi connectivity index (χ1) is 10.4. The second-order valence-electron chi connectivity index (χ2n) is 3.92. The molecule has 0 atom stereocenters. The van der Waals surface area contributed by atoms with Gasteiger partial charge in [-0.05, 0) is 12.1 Å². The quantitative estimate of drug-likeness (QED) is 0.658. The molecule has 0 aliphatic carbocycles. The van der Waals surface area contributed by atoms with Gasteiger partial charge in [0.2, 0.25) is 0 Å². The zero-order chi connectivity index (χ0) is 16.9. The number of rotatable bonds is 3. The van der Waals surface area contributed by atoms with Crippen LogP contribution in [0.15, 0.2) is 36.4 Å². The lowest BCUT2D eigenvalue weighted by Gasteiger charge is -2.07. The monoisotopic (exact) mass is 306 g/mol. The zero-order valence-electron chi connectivity index (χ0n) is 11.9. The summed E-state index contributed by atoms with van der Waals surface area (Å²) < 4.78 is 0. The smallest absolute Gasteiger partial charge is 0.270 e. The molecular weight excluding hydrogens is 292 g/mol. The van der Waals surface area contributed by atoms with Gasteiger partial charge in [-0.2, -0.15) is 0 Å². The van der Waals surface area contributed by atoms with Gasteiger partial charge >= 0.3 is 0 Å². The molecular formula is C14H14N2O6. The normalized spacial score (nSPS) is 9.55. The van der Waals surface area contributed by atoms with Crippen molar-refractivity contribution in [2.45, 2.75) is 13.8 Å². The molecule has 116 valence electrons. The number of benzene rings is 2. The lowest BCUT2D eigenvalue weighted by molar-refractivity contribution is -0.385. The molecule has 2 N–H and O–H groups in total. The molecule has 0 saturated heterocycles. The molecule has 8 heteroatoms. The number of nitro benzene ring substituents is 2. The van der Waals surface area contributed by atoms with E-state index in [0.29, 0.717) is 0 Å². The Kier molecular flexibility index (Phi) is 5.39. The number of nitro groups is 2. The maximum atomic E-state index is 10.7. The third-order valence-electron chi connectivity index (χ3n) is 2.67. The summed E-state index contributed by atoms with van der Waals surface area (Å²) >= 11 is 0. The summed E-state index contributed by atoms with van der Waals surface area (Å²) in [5.41, 5.74) is -0.715. The van der Waals surface area contributed by atoms with Gasteiger partial charge in [0, 0.05) is 35.4 Å². The molecule has 2 rings (SSSR count). The van der Waals surface area contributed by atoms with Gasteiger partial charge in [0.1, 0.15) is 11.5 Å². The summed E-state index contributed by atoms with van der Waals surface area (Å²) in [5.74, 6) is -0.655. The zero-order valence-corrected chi connectivity index (χ0v) is 11.9. The number of phenolic OH excluding ortho intramolecular Hbond substituents is 2. The highest BCUT2D eigenvalue weighted by Crippen LogP contribution is 2.39. The van der Waals surface area contributed by atoms with E-state index >= 15 is 0 Å². The Morgan fingerprint density at radius 2 is 1.09 bits per heavy atom. The highest BCUT2D eigenvalue weighted by Gasteiger charge is 2.17. The standard InChI is InChI=1S/C12H8N2O6.C2H6/c15-11-3-1-7(13(17)18)5-9(11)10-6-8(14(19)20)2-4-12(10)16;1-2/h1-6,15-16H;1-2H3. The van der Waals surface area contributed by atoms with Crippen molar-refractivity contribution in [1.29, 1.82) is 0 Å². The number of aromatic hydroxyl groups is 2. The van der Waals surface area contributed by atoms with Crippen LogP contribution in [-0.2, 0) is 0 Å². The molecule has 22 heavy (non-hydrogen) atoms. The van der Waals surface area contributed by atoms with E-state index in [1.54, 1.807) is 0 Å². The van der Waals surface area contributed by atoms with E-state index in [2.05, 4.69) is 0 Å². The van der Waals surface area contributed by atoms with E-state index in [1.165, 1.54) is 0 Å². The van der Waals surface area contributed by atoms with Gasteiger partial charge in [-0.1, -0.05) is 13.8 Å². The highest BCUT2D eigenvalue weighted by molar-refractivity contribution is 5.78. The van der Waals surface area contributed by atoms with Gasteiger partial charge in [0.15, 0.2) is 0 Å². The van der Waals surface area contributed by atoms with Crippen molar-refractivity contribution in [3.63, 3.8) is 0 Å². The largest absolute Gasteiger partial charge is 0.507 e. The molecule has 8 nitrogen and oxygen atoms in total. The number of hydrogen-bond donors (Lipinski definition) is 2. The molecule has 2 aromatic carbocycles. The van der Waals surface area contributed by atoms with Gasteiger partial charge < -0.3 is 10.2 Å². The van der Waals surface area contributed by atoms with Crippen LogP contribution >= 0.6 is 0 Å². The van der Waals surface area contributed by atoms with Crippen LogP contribution in [0.2, 0.25) is 0 Å². The predicted octanol–water partition coefficient (Wildman–Crippen LogP) is 3.61. The lowest BCUT2D eigenvalue weighted by Crippen LogP contribution is -1.91. The second-order valence-corrected chi connectivity index (χ2v) is 3.92. The Balaban J connectivity index is 0.00000116. The molecule has 0 aliphatic rings. The van der Waals surface area contributed by atoms with E-state index in [-0.39, 0.29) is 34.0 Å². The van der Waals surface area contributed by atoms with Crippen LogP contribution in [0.3, 0.4) is 0 Å². The molecule has 0 heterocycles. The van der Waals surface area contributed by atoms with Gasteiger partial charge in [0.25, 0.3) is 11.4 Å². The molecule has 0 unspecified atom stereocenters. The Labute approximate surface area is 125 Å². The highest BCUT2D eigenvalue weighted by atomic mass is 16.6. The minimum absolute atomic E-state index is 0.0552. The average molecular weight is 306 g/mol. The maximum absolute atomic E-state index is 10.7. The topological polar surface area (TPSA) is 127 Å². The van der Waals surface area contributed by atoms with Crippen molar-refractivity contribution in [2.24, 2.45) is 0 Å². The van der Waals surface area contributed by atoms with E-state index in [9.17, 15) is 30.4 Å². The number of phenols is 2. The van der Waals surface area contributed by atoms with Crippen molar-refractivity contribution in [1.82, 2.24) is 0 Å². The Bertz CT molecular complexity index is 653. The second kappa shape index (κ2) is 7.02. The van der Waals surface area contributed by atoms with Crippen molar-refractivity contribution in [2.75, 3.05) is 0 Å². The minimum atomic E-state index is -0.669. The van der Waals surface area contributed by atoms with Crippen molar-refractivity contribution in [3.05, 3.63) is 56.6 Å². The summed E-state index contributed by atoms with van der Waals surface area (Å²) in [6, 6.07) is 6.43. The molecule has 0 fully saturated rings. The third-order valence-corrected chi connectivity index (χ3v) is 2.67. The molecule has 0 saturated carbocycles. The van der Waals surface area contributed by atoms with E-state index in [4.69, 9.17) is 0 Å². The first kappa shape index (κ1) is 16.9. The molecule has 0 radical (unpaired) electrons. The Morgan fingerprint density at radius 3 is 1.36 bits per heavy atom. The Morgan fingerprint density at radius 1 is 0.773 bits per heavy atom. The molecule has 0 aromatic heterocycles. The van der Waals surface area contributed by atoms with Crippen molar-refractivity contribution >= 4 is 11.4 Å². The molecule has 2 aromatic rings. The number of hydrogen-bond acceptors (Lipinski definition) is 6. The molecule has 0 spiro atoms. The molecule has 0 amide bonds. The van der Waals surface area contributed by atoms with Gasteiger partial charge in [-0.15, -0.1) is 0 Å². The number of non-ortho nitro benzene ring substituents is 2. The van der Waals surface area contributed by atoms with Gasteiger partial charge in [0.05, 0.1) is 9.85 Å². The van der Waals surface area contributed by atoms with Gasteiger partial charge in [-0.25, -0.2) is 0 Å². The van der Waals surface area contributed by atoms with Crippen LogP contribution in [0.25, 0.3) is 11.1 Å². The Hall–Kier alpha value is -3.16. The van der Waals surface area contributed by atoms with E-state index < -0.39 is 9.85 Å². The van der Waals surface area contributed by atoms with Crippen LogP contribution in [-0.4, -0.2) is 20.1 Å². The maximum Gasteiger partial charge on any atom is 0.270 e.